The van der Waals surface area contributed by atoms with E-state index in [1.807, 2.05) is 13.8 Å². The lowest BCUT2D eigenvalue weighted by Gasteiger charge is -2.29. The second kappa shape index (κ2) is 8.00. The van der Waals surface area contributed by atoms with E-state index >= 15 is 0 Å². The first-order chi connectivity index (χ1) is 10.2. The van der Waals surface area contributed by atoms with Crippen molar-refractivity contribution in [3.05, 3.63) is 29.8 Å². The predicted molar refractivity (Wildman–Crippen MR) is 82.4 cm³/mol. The summed E-state index contributed by atoms with van der Waals surface area (Å²) in [6.07, 6.45) is 0. The highest BCUT2D eigenvalue weighted by atomic mass is 16.5. The third-order valence-corrected chi connectivity index (χ3v) is 3.57. The molecule has 1 aliphatic rings. The average Bonchev–Trinajstić information content (AvgIpc) is 2.54. The Morgan fingerprint density at radius 2 is 2.00 bits per heavy atom. The number of morpholine rings is 1. The van der Waals surface area contributed by atoms with E-state index in [0.717, 1.165) is 31.9 Å². The van der Waals surface area contributed by atoms with E-state index in [1.165, 1.54) is 5.69 Å². The zero-order valence-corrected chi connectivity index (χ0v) is 12.8. The van der Waals surface area contributed by atoms with E-state index in [-0.39, 0.29) is 12.0 Å². The number of esters is 1. The Labute approximate surface area is 126 Å². The van der Waals surface area contributed by atoms with Crippen LogP contribution in [0, 0.1) is 0 Å². The predicted octanol–water partition coefficient (Wildman–Crippen LogP) is 1.56. The summed E-state index contributed by atoms with van der Waals surface area (Å²) < 4.78 is 10.3. The minimum absolute atomic E-state index is 0.206. The van der Waals surface area contributed by atoms with Crippen LogP contribution in [0.4, 0.5) is 5.69 Å². The quantitative estimate of drug-likeness (QED) is 0.807. The normalized spacial score (nSPS) is 16.6. The number of hydrogen-bond donors (Lipinski definition) is 1. The van der Waals surface area contributed by atoms with Crippen LogP contribution < -0.4 is 10.2 Å². The topological polar surface area (TPSA) is 50.8 Å². The second-order valence-corrected chi connectivity index (χ2v) is 5.12. The molecular formula is C16H24N2O3. The summed E-state index contributed by atoms with van der Waals surface area (Å²) in [5.41, 5.74) is 2.38. The summed E-state index contributed by atoms with van der Waals surface area (Å²) in [6.45, 7) is 8.17. The van der Waals surface area contributed by atoms with Gasteiger partial charge in [-0.15, -0.1) is 0 Å². The maximum atomic E-state index is 11.5. The number of carbonyl (C=O) groups excluding carboxylic acids is 1. The molecule has 1 aromatic rings. The van der Waals surface area contributed by atoms with E-state index in [1.54, 1.807) is 0 Å². The molecule has 116 valence electrons. The lowest BCUT2D eigenvalue weighted by molar-refractivity contribution is -0.145. The van der Waals surface area contributed by atoms with Crippen LogP contribution in [-0.2, 0) is 20.8 Å². The Kier molecular flexibility index (Phi) is 6.02. The van der Waals surface area contributed by atoms with E-state index in [2.05, 4.69) is 34.5 Å². The molecule has 1 aliphatic heterocycles. The lowest BCUT2D eigenvalue weighted by atomic mass is 10.1. The van der Waals surface area contributed by atoms with Crippen LogP contribution in [0.2, 0.25) is 0 Å². The van der Waals surface area contributed by atoms with Crippen LogP contribution in [0.5, 0.6) is 0 Å². The molecule has 1 fully saturated rings. The Hall–Kier alpha value is -1.59. The Morgan fingerprint density at radius 1 is 1.33 bits per heavy atom. The lowest BCUT2D eigenvalue weighted by Crippen LogP contribution is -2.36. The first-order valence-electron chi connectivity index (χ1n) is 7.52. The van der Waals surface area contributed by atoms with Crippen LogP contribution in [0.3, 0.4) is 0 Å². The van der Waals surface area contributed by atoms with Gasteiger partial charge in [-0.05, 0) is 31.5 Å². The third kappa shape index (κ3) is 4.72. The monoisotopic (exact) mass is 292 g/mol. The van der Waals surface area contributed by atoms with Gasteiger partial charge in [0.25, 0.3) is 0 Å². The molecule has 1 saturated heterocycles. The fourth-order valence-corrected chi connectivity index (χ4v) is 2.27. The van der Waals surface area contributed by atoms with Crippen LogP contribution in [0.25, 0.3) is 0 Å². The van der Waals surface area contributed by atoms with Crippen molar-refractivity contribution in [1.82, 2.24) is 5.32 Å². The zero-order valence-electron chi connectivity index (χ0n) is 12.8. The molecule has 0 bridgehead atoms. The molecule has 0 amide bonds. The molecule has 0 spiro atoms. The van der Waals surface area contributed by atoms with Crippen molar-refractivity contribution in [2.45, 2.75) is 26.4 Å². The van der Waals surface area contributed by atoms with E-state index < -0.39 is 0 Å². The van der Waals surface area contributed by atoms with Crippen LogP contribution in [0.1, 0.15) is 19.4 Å². The first kappa shape index (κ1) is 15.8. The molecule has 0 aromatic heterocycles. The molecule has 1 aromatic carbocycles. The number of benzene rings is 1. The smallest absolute Gasteiger partial charge is 0.322 e. The molecule has 1 heterocycles. The number of nitrogens with zero attached hydrogens (tertiary/aromatic N) is 1. The van der Waals surface area contributed by atoms with Crippen molar-refractivity contribution < 1.29 is 14.3 Å². The summed E-state index contributed by atoms with van der Waals surface area (Å²) in [6, 6.07) is 8.14. The molecule has 2 rings (SSSR count). The van der Waals surface area contributed by atoms with Crippen molar-refractivity contribution in [3.63, 3.8) is 0 Å². The van der Waals surface area contributed by atoms with Gasteiger partial charge >= 0.3 is 5.97 Å². The molecule has 1 atom stereocenters. The molecular weight excluding hydrogens is 268 g/mol. The van der Waals surface area contributed by atoms with Gasteiger partial charge in [0.15, 0.2) is 0 Å². The fraction of sp³-hybridized carbons (Fsp3) is 0.562. The van der Waals surface area contributed by atoms with Crippen molar-refractivity contribution in [3.8, 4) is 0 Å². The Bertz CT molecular complexity index is 441. The largest absolute Gasteiger partial charge is 0.465 e. The van der Waals surface area contributed by atoms with Gasteiger partial charge in [0.2, 0.25) is 0 Å². The zero-order chi connectivity index (χ0) is 15.1. The number of nitrogens with one attached hydrogen (secondary N) is 1. The van der Waals surface area contributed by atoms with E-state index in [0.29, 0.717) is 13.2 Å². The molecule has 5 heteroatoms. The number of ether oxygens (including phenoxy) is 2. The van der Waals surface area contributed by atoms with Crippen molar-refractivity contribution in [2.75, 3.05) is 37.8 Å². The highest BCUT2D eigenvalue weighted by Gasteiger charge is 2.13. The summed E-state index contributed by atoms with van der Waals surface area (Å²) in [5, 5.41) is 3.17. The summed E-state index contributed by atoms with van der Waals surface area (Å²) in [7, 11) is 0. The highest BCUT2D eigenvalue weighted by Crippen LogP contribution is 2.16. The molecule has 0 aliphatic carbocycles. The minimum atomic E-state index is -0.288. The maximum absolute atomic E-state index is 11.5. The summed E-state index contributed by atoms with van der Waals surface area (Å²) in [4.78, 5) is 13.8. The molecule has 21 heavy (non-hydrogen) atoms. The second-order valence-electron chi connectivity index (χ2n) is 5.12. The molecule has 1 unspecified atom stereocenters. The molecule has 1 N–H and O–H groups in total. The van der Waals surface area contributed by atoms with Gasteiger partial charge in [-0.3, -0.25) is 4.79 Å². The first-order valence-corrected chi connectivity index (χ1v) is 7.52. The highest BCUT2D eigenvalue weighted by molar-refractivity contribution is 5.75. The van der Waals surface area contributed by atoms with Crippen LogP contribution in [-0.4, -0.2) is 44.9 Å². The standard InChI is InChI=1S/C16H24N2O3/c1-3-21-16(19)13(2)17-12-14-4-6-15(7-5-14)18-8-10-20-11-9-18/h4-7,13,17H,3,8-12H2,1-2H3. The summed E-state index contributed by atoms with van der Waals surface area (Å²) >= 11 is 0. The fourth-order valence-electron chi connectivity index (χ4n) is 2.27. The molecule has 0 radical (unpaired) electrons. The van der Waals surface area contributed by atoms with Crippen LogP contribution >= 0.6 is 0 Å². The van der Waals surface area contributed by atoms with Gasteiger partial charge in [0, 0.05) is 25.3 Å². The van der Waals surface area contributed by atoms with Crippen molar-refractivity contribution in [2.24, 2.45) is 0 Å². The Balaban J connectivity index is 1.83. The SMILES string of the molecule is CCOC(=O)C(C)NCc1ccc(N2CCOCC2)cc1. The van der Waals surface area contributed by atoms with Gasteiger partial charge in [-0.2, -0.15) is 0 Å². The number of carbonyl (C=O) groups is 1. The Morgan fingerprint density at radius 3 is 2.62 bits per heavy atom. The van der Waals surface area contributed by atoms with Crippen molar-refractivity contribution in [1.29, 1.82) is 0 Å². The van der Waals surface area contributed by atoms with E-state index in [9.17, 15) is 4.79 Å². The third-order valence-electron chi connectivity index (χ3n) is 3.57. The van der Waals surface area contributed by atoms with E-state index in [4.69, 9.17) is 9.47 Å². The average molecular weight is 292 g/mol. The van der Waals surface area contributed by atoms with Gasteiger partial charge < -0.3 is 19.7 Å². The van der Waals surface area contributed by atoms with Gasteiger partial charge in [-0.1, -0.05) is 12.1 Å². The minimum Gasteiger partial charge on any atom is -0.465 e. The maximum Gasteiger partial charge on any atom is 0.322 e. The van der Waals surface area contributed by atoms with Gasteiger partial charge in [0.05, 0.1) is 19.8 Å². The number of hydrogen-bond acceptors (Lipinski definition) is 5. The number of rotatable bonds is 6. The summed E-state index contributed by atoms with van der Waals surface area (Å²) in [5.74, 6) is -0.206. The van der Waals surface area contributed by atoms with Gasteiger partial charge in [-0.25, -0.2) is 0 Å². The molecule has 0 saturated carbocycles. The van der Waals surface area contributed by atoms with Crippen molar-refractivity contribution >= 4 is 11.7 Å². The number of anilines is 1. The van der Waals surface area contributed by atoms with Gasteiger partial charge in [0.1, 0.15) is 6.04 Å². The molecule has 5 nitrogen and oxygen atoms in total. The van der Waals surface area contributed by atoms with Crippen LogP contribution in [0.15, 0.2) is 24.3 Å².